The van der Waals surface area contributed by atoms with Crippen LogP contribution >= 0.6 is 0 Å². The summed E-state index contributed by atoms with van der Waals surface area (Å²) >= 11 is 0. The molecule has 0 aliphatic carbocycles. The van der Waals surface area contributed by atoms with E-state index in [9.17, 15) is 0 Å². The number of para-hydroxylation sites is 1. The summed E-state index contributed by atoms with van der Waals surface area (Å²) in [6.45, 7) is 0.479. The van der Waals surface area contributed by atoms with Crippen LogP contribution in [0.1, 0.15) is 6.42 Å². The van der Waals surface area contributed by atoms with Crippen molar-refractivity contribution < 1.29 is 0 Å². The van der Waals surface area contributed by atoms with Gasteiger partial charge in [-0.3, -0.25) is 0 Å². The van der Waals surface area contributed by atoms with Gasteiger partial charge < -0.3 is 16.5 Å². The summed E-state index contributed by atoms with van der Waals surface area (Å²) in [6.07, 6.45) is 0.366. The lowest BCUT2D eigenvalue weighted by molar-refractivity contribution is 0.954. The van der Waals surface area contributed by atoms with Crippen LogP contribution in [-0.2, 0) is 0 Å². The van der Waals surface area contributed by atoms with E-state index in [4.69, 9.17) is 16.8 Å². The van der Waals surface area contributed by atoms with E-state index in [0.717, 1.165) is 5.69 Å². The van der Waals surface area contributed by atoms with Gasteiger partial charge in [-0.05, 0) is 12.1 Å². The zero-order valence-electron chi connectivity index (χ0n) is 8.30. The first kappa shape index (κ1) is 10.9. The molecule has 0 aliphatic heterocycles. The van der Waals surface area contributed by atoms with Crippen LogP contribution in [0.4, 0.5) is 5.69 Å². The standard InChI is InChI=1S/C10H13N5/c11-7-4-8-15(10(12)14-13)9-5-2-1-3-6-9/h1-3,5-6H,4,8,13H2,(H2,12,14). The molecule has 0 aromatic heterocycles. The molecule has 4 N–H and O–H groups in total. The van der Waals surface area contributed by atoms with Crippen LogP contribution in [0.2, 0.25) is 0 Å². The van der Waals surface area contributed by atoms with Gasteiger partial charge in [-0.1, -0.05) is 18.2 Å². The maximum absolute atomic E-state index is 8.53. The van der Waals surface area contributed by atoms with Gasteiger partial charge in [-0.2, -0.15) is 5.26 Å². The molecule has 0 amide bonds. The minimum atomic E-state index is 0.205. The van der Waals surface area contributed by atoms with Crippen molar-refractivity contribution in [3.63, 3.8) is 0 Å². The lowest BCUT2D eigenvalue weighted by atomic mass is 10.3. The summed E-state index contributed by atoms with van der Waals surface area (Å²) in [5.74, 6) is 5.33. The Kier molecular flexibility index (Phi) is 3.98. The number of nitriles is 1. The lowest BCUT2D eigenvalue weighted by Crippen LogP contribution is -2.38. The van der Waals surface area contributed by atoms with Crippen LogP contribution in [0.5, 0.6) is 0 Å². The van der Waals surface area contributed by atoms with E-state index in [-0.39, 0.29) is 5.96 Å². The van der Waals surface area contributed by atoms with Gasteiger partial charge in [0.15, 0.2) is 0 Å². The monoisotopic (exact) mass is 203 g/mol. The Morgan fingerprint density at radius 2 is 2.07 bits per heavy atom. The highest BCUT2D eigenvalue weighted by molar-refractivity contribution is 5.94. The van der Waals surface area contributed by atoms with Crippen LogP contribution in [0.3, 0.4) is 0 Å². The molecule has 15 heavy (non-hydrogen) atoms. The molecule has 0 radical (unpaired) electrons. The Balaban J connectivity index is 2.87. The number of hydrazone groups is 1. The highest BCUT2D eigenvalue weighted by Crippen LogP contribution is 2.12. The number of nitrogens with zero attached hydrogens (tertiary/aromatic N) is 3. The first-order valence-corrected chi connectivity index (χ1v) is 4.52. The molecule has 0 bridgehead atoms. The van der Waals surface area contributed by atoms with Crippen LogP contribution in [0.15, 0.2) is 35.4 Å². The quantitative estimate of drug-likeness (QED) is 0.325. The van der Waals surface area contributed by atoms with Crippen molar-refractivity contribution in [3.05, 3.63) is 30.3 Å². The van der Waals surface area contributed by atoms with Gasteiger partial charge in [0.25, 0.3) is 0 Å². The van der Waals surface area contributed by atoms with Gasteiger partial charge in [0, 0.05) is 12.2 Å². The van der Waals surface area contributed by atoms with Gasteiger partial charge in [0.2, 0.25) is 5.96 Å². The van der Waals surface area contributed by atoms with Crippen LogP contribution in [0, 0.1) is 11.3 Å². The summed E-state index contributed by atoms with van der Waals surface area (Å²) < 4.78 is 0. The zero-order chi connectivity index (χ0) is 11.1. The molecular formula is C10H13N5. The number of rotatable bonds is 3. The Morgan fingerprint density at radius 1 is 1.40 bits per heavy atom. The van der Waals surface area contributed by atoms with Crippen molar-refractivity contribution >= 4 is 11.6 Å². The van der Waals surface area contributed by atoms with E-state index >= 15 is 0 Å². The molecule has 0 spiro atoms. The fourth-order valence-corrected chi connectivity index (χ4v) is 1.22. The van der Waals surface area contributed by atoms with Gasteiger partial charge >= 0.3 is 0 Å². The van der Waals surface area contributed by atoms with E-state index in [1.807, 2.05) is 30.3 Å². The largest absolute Gasteiger partial charge is 0.368 e. The van der Waals surface area contributed by atoms with E-state index in [1.54, 1.807) is 4.90 Å². The minimum Gasteiger partial charge on any atom is -0.368 e. The molecule has 0 aliphatic rings. The second-order valence-corrected chi connectivity index (χ2v) is 2.88. The maximum atomic E-state index is 8.53. The van der Waals surface area contributed by atoms with E-state index in [2.05, 4.69) is 11.2 Å². The summed E-state index contributed by atoms with van der Waals surface area (Å²) in [7, 11) is 0. The average Bonchev–Trinajstić information content (AvgIpc) is 2.30. The molecule has 0 fully saturated rings. The molecular weight excluding hydrogens is 190 g/mol. The molecule has 5 nitrogen and oxygen atoms in total. The van der Waals surface area contributed by atoms with Crippen molar-refractivity contribution in [2.75, 3.05) is 11.4 Å². The maximum Gasteiger partial charge on any atom is 0.217 e. The second-order valence-electron chi connectivity index (χ2n) is 2.88. The smallest absolute Gasteiger partial charge is 0.217 e. The predicted octanol–water partition coefficient (Wildman–Crippen LogP) is 0.595. The number of hydrogen-bond acceptors (Lipinski definition) is 3. The first-order valence-electron chi connectivity index (χ1n) is 4.52. The molecule has 1 aromatic carbocycles. The summed E-state index contributed by atoms with van der Waals surface area (Å²) in [5, 5.41) is 12.0. The van der Waals surface area contributed by atoms with Crippen molar-refractivity contribution in [2.45, 2.75) is 6.42 Å². The van der Waals surface area contributed by atoms with Crippen molar-refractivity contribution in [3.8, 4) is 6.07 Å². The van der Waals surface area contributed by atoms with Gasteiger partial charge in [0.1, 0.15) is 0 Å². The predicted molar refractivity (Wildman–Crippen MR) is 59.8 cm³/mol. The molecule has 0 atom stereocenters. The van der Waals surface area contributed by atoms with Crippen LogP contribution in [-0.4, -0.2) is 12.5 Å². The fourth-order valence-electron chi connectivity index (χ4n) is 1.22. The Bertz CT molecular complexity index is 365. The van der Waals surface area contributed by atoms with Crippen LogP contribution in [0.25, 0.3) is 0 Å². The topological polar surface area (TPSA) is 91.4 Å². The van der Waals surface area contributed by atoms with Gasteiger partial charge in [-0.25, -0.2) is 0 Å². The Labute approximate surface area is 88.6 Å². The minimum absolute atomic E-state index is 0.205. The molecule has 0 heterocycles. The number of anilines is 1. The molecule has 1 rings (SSSR count). The Morgan fingerprint density at radius 3 is 2.60 bits per heavy atom. The Hall–Kier alpha value is -2.22. The van der Waals surface area contributed by atoms with Gasteiger partial charge in [0.05, 0.1) is 12.5 Å². The molecule has 0 saturated carbocycles. The lowest BCUT2D eigenvalue weighted by Gasteiger charge is -2.21. The van der Waals surface area contributed by atoms with Crippen LogP contribution < -0.4 is 16.5 Å². The van der Waals surface area contributed by atoms with Crippen molar-refractivity contribution in [1.82, 2.24) is 0 Å². The molecule has 78 valence electrons. The second kappa shape index (κ2) is 5.50. The zero-order valence-corrected chi connectivity index (χ0v) is 8.30. The number of benzene rings is 1. The molecule has 5 heteroatoms. The molecule has 0 unspecified atom stereocenters. The fraction of sp³-hybridized carbons (Fsp3) is 0.200. The number of hydrogen-bond donors (Lipinski definition) is 2. The third-order valence-corrected chi connectivity index (χ3v) is 1.92. The highest BCUT2D eigenvalue weighted by Gasteiger charge is 2.09. The average molecular weight is 203 g/mol. The van der Waals surface area contributed by atoms with E-state index in [1.165, 1.54) is 0 Å². The number of nitrogens with two attached hydrogens (primary N) is 2. The third kappa shape index (κ3) is 2.88. The number of guanidine groups is 1. The summed E-state index contributed by atoms with van der Waals surface area (Å²) in [6, 6.07) is 11.5. The first-order chi connectivity index (χ1) is 7.29. The van der Waals surface area contributed by atoms with Crippen molar-refractivity contribution in [1.29, 1.82) is 5.26 Å². The summed E-state index contributed by atoms with van der Waals surface area (Å²) in [4.78, 5) is 1.70. The van der Waals surface area contributed by atoms with Gasteiger partial charge in [-0.15, -0.1) is 5.10 Å². The van der Waals surface area contributed by atoms with Crippen molar-refractivity contribution in [2.24, 2.45) is 16.7 Å². The normalized spacial score (nSPS) is 10.7. The SMILES string of the molecule is N#CCCN(C(N)=NN)c1ccccc1. The van der Waals surface area contributed by atoms with E-state index < -0.39 is 0 Å². The molecule has 0 saturated heterocycles. The summed E-state index contributed by atoms with van der Waals surface area (Å²) in [5.41, 5.74) is 6.51. The third-order valence-electron chi connectivity index (χ3n) is 1.92. The van der Waals surface area contributed by atoms with E-state index in [0.29, 0.717) is 13.0 Å². The highest BCUT2D eigenvalue weighted by atomic mass is 15.3. The molecule has 1 aromatic rings.